The van der Waals surface area contributed by atoms with Crippen molar-refractivity contribution < 1.29 is 19.2 Å². The first-order chi connectivity index (χ1) is 11.8. The number of aryl methyl sites for hydroxylation is 1. The summed E-state index contributed by atoms with van der Waals surface area (Å²) in [5, 5.41) is 13.8. The third kappa shape index (κ3) is 4.77. The normalized spacial score (nSPS) is 10.2. The minimum Gasteiger partial charge on any atom is -0.483 e. The van der Waals surface area contributed by atoms with Gasteiger partial charge >= 0.3 is 0 Å². The lowest BCUT2D eigenvalue weighted by molar-refractivity contribution is -0.384. The Hall–Kier alpha value is -2.93. The molecule has 0 spiro atoms. The van der Waals surface area contributed by atoms with Crippen LogP contribution in [-0.2, 0) is 4.79 Å². The van der Waals surface area contributed by atoms with Crippen molar-refractivity contribution >= 4 is 34.7 Å². The number of rotatable bonds is 6. The van der Waals surface area contributed by atoms with Crippen molar-refractivity contribution in [1.29, 1.82) is 0 Å². The maximum Gasteiger partial charge on any atom is 0.271 e. The Morgan fingerprint density at radius 2 is 1.96 bits per heavy atom. The number of non-ortho nitro benzene ring substituents is 1. The van der Waals surface area contributed by atoms with Gasteiger partial charge in [0.1, 0.15) is 5.75 Å². The molecule has 2 aromatic carbocycles. The number of Topliss-reactive ketones (excluding diaryl/α,β-unsaturated/α-hetero) is 1. The van der Waals surface area contributed by atoms with Crippen LogP contribution in [0.3, 0.4) is 0 Å². The van der Waals surface area contributed by atoms with E-state index in [4.69, 9.17) is 16.3 Å². The van der Waals surface area contributed by atoms with Crippen LogP contribution in [0.1, 0.15) is 22.8 Å². The molecular formula is C17H15ClN2O5. The van der Waals surface area contributed by atoms with Crippen LogP contribution in [0.4, 0.5) is 11.4 Å². The second-order valence-electron chi connectivity index (χ2n) is 5.29. The van der Waals surface area contributed by atoms with Gasteiger partial charge < -0.3 is 10.1 Å². The first kappa shape index (κ1) is 18.4. The Morgan fingerprint density at radius 3 is 2.60 bits per heavy atom. The minimum atomic E-state index is -0.543. The second-order valence-corrected chi connectivity index (χ2v) is 5.73. The third-order valence-corrected chi connectivity index (χ3v) is 3.62. The Bertz CT molecular complexity index is 851. The van der Waals surface area contributed by atoms with Crippen LogP contribution < -0.4 is 10.1 Å². The molecule has 0 aromatic heterocycles. The number of hydrogen-bond donors (Lipinski definition) is 1. The smallest absolute Gasteiger partial charge is 0.271 e. The standard InChI is InChI=1S/C17H15ClN2O5/c1-10-3-5-13(20(23)24)8-15(10)19-17(22)9-25-16-6-4-12(18)7-14(16)11(2)21/h3-8H,9H2,1-2H3,(H,19,22). The topological polar surface area (TPSA) is 98.5 Å². The van der Waals surface area contributed by atoms with Crippen molar-refractivity contribution in [3.8, 4) is 5.75 Å². The predicted octanol–water partition coefficient (Wildman–Crippen LogP) is 3.78. The number of hydrogen-bond acceptors (Lipinski definition) is 5. The number of ether oxygens (including phenoxy) is 1. The number of anilines is 1. The van der Waals surface area contributed by atoms with E-state index in [0.717, 1.165) is 0 Å². The number of nitro groups is 1. The Balaban J connectivity index is 2.08. The van der Waals surface area contributed by atoms with Gasteiger partial charge in [-0.25, -0.2) is 0 Å². The van der Waals surface area contributed by atoms with Gasteiger partial charge in [0, 0.05) is 17.2 Å². The Morgan fingerprint density at radius 1 is 1.24 bits per heavy atom. The number of nitrogens with one attached hydrogen (secondary N) is 1. The summed E-state index contributed by atoms with van der Waals surface area (Å²) < 4.78 is 5.38. The summed E-state index contributed by atoms with van der Waals surface area (Å²) in [6.45, 7) is 2.72. The number of halogens is 1. The van der Waals surface area contributed by atoms with Crippen LogP contribution in [0.15, 0.2) is 36.4 Å². The molecule has 130 valence electrons. The molecule has 0 bridgehead atoms. The number of ketones is 1. The minimum absolute atomic E-state index is 0.126. The molecule has 0 heterocycles. The van der Waals surface area contributed by atoms with Crippen LogP contribution in [0.5, 0.6) is 5.75 Å². The highest BCUT2D eigenvalue weighted by molar-refractivity contribution is 6.31. The van der Waals surface area contributed by atoms with Gasteiger partial charge in [0.05, 0.1) is 16.2 Å². The number of nitrogens with zero attached hydrogens (tertiary/aromatic N) is 1. The molecule has 0 fully saturated rings. The van der Waals surface area contributed by atoms with E-state index in [-0.39, 0.29) is 29.4 Å². The van der Waals surface area contributed by atoms with Gasteiger partial charge in [0.2, 0.25) is 0 Å². The summed E-state index contributed by atoms with van der Waals surface area (Å²) in [4.78, 5) is 33.9. The summed E-state index contributed by atoms with van der Waals surface area (Å²) >= 11 is 5.85. The first-order valence-corrected chi connectivity index (χ1v) is 7.64. The highest BCUT2D eigenvalue weighted by Crippen LogP contribution is 2.24. The fourth-order valence-electron chi connectivity index (χ4n) is 2.09. The van der Waals surface area contributed by atoms with E-state index in [0.29, 0.717) is 16.3 Å². The number of nitro benzene ring substituents is 1. The summed E-state index contributed by atoms with van der Waals surface area (Å²) in [7, 11) is 0. The highest BCUT2D eigenvalue weighted by atomic mass is 35.5. The molecule has 0 saturated carbocycles. The number of benzene rings is 2. The molecule has 1 amide bonds. The van der Waals surface area contributed by atoms with Crippen molar-refractivity contribution in [2.24, 2.45) is 0 Å². The molecule has 0 radical (unpaired) electrons. The molecule has 0 unspecified atom stereocenters. The monoisotopic (exact) mass is 362 g/mol. The molecule has 0 aliphatic heterocycles. The van der Waals surface area contributed by atoms with E-state index >= 15 is 0 Å². The molecule has 2 aromatic rings. The molecule has 0 aliphatic rings. The Kier molecular flexibility index (Phi) is 5.71. The first-order valence-electron chi connectivity index (χ1n) is 7.26. The molecule has 25 heavy (non-hydrogen) atoms. The lowest BCUT2D eigenvalue weighted by Gasteiger charge is -2.11. The van der Waals surface area contributed by atoms with Crippen LogP contribution in [0.25, 0.3) is 0 Å². The summed E-state index contributed by atoms with van der Waals surface area (Å²) in [6, 6.07) is 8.69. The van der Waals surface area contributed by atoms with Crippen LogP contribution in [0, 0.1) is 17.0 Å². The van der Waals surface area contributed by atoms with Crippen molar-refractivity contribution in [2.75, 3.05) is 11.9 Å². The molecule has 2 rings (SSSR count). The van der Waals surface area contributed by atoms with Gasteiger partial charge in [0.15, 0.2) is 12.4 Å². The average Bonchev–Trinajstić information content (AvgIpc) is 2.55. The number of carbonyl (C=O) groups is 2. The molecular weight excluding hydrogens is 348 g/mol. The lowest BCUT2D eigenvalue weighted by atomic mass is 10.1. The summed E-state index contributed by atoms with van der Waals surface area (Å²) in [5.74, 6) is -0.511. The molecule has 1 N–H and O–H groups in total. The molecule has 8 heteroatoms. The van der Waals surface area contributed by atoms with E-state index in [9.17, 15) is 19.7 Å². The molecule has 0 atom stereocenters. The van der Waals surface area contributed by atoms with E-state index in [2.05, 4.69) is 5.32 Å². The van der Waals surface area contributed by atoms with Gasteiger partial charge in [-0.1, -0.05) is 17.7 Å². The van der Waals surface area contributed by atoms with E-state index in [1.165, 1.54) is 31.2 Å². The van der Waals surface area contributed by atoms with E-state index < -0.39 is 10.8 Å². The quantitative estimate of drug-likeness (QED) is 0.479. The fraction of sp³-hybridized carbons (Fsp3) is 0.176. The summed E-state index contributed by atoms with van der Waals surface area (Å²) in [5.41, 5.74) is 1.14. The molecule has 0 saturated heterocycles. The fourth-order valence-corrected chi connectivity index (χ4v) is 2.26. The zero-order valence-electron chi connectivity index (χ0n) is 13.5. The maximum absolute atomic E-state index is 12.1. The van der Waals surface area contributed by atoms with Gasteiger partial charge in [-0.3, -0.25) is 19.7 Å². The van der Waals surface area contributed by atoms with Crippen LogP contribution >= 0.6 is 11.6 Å². The van der Waals surface area contributed by atoms with Gasteiger partial charge in [0.25, 0.3) is 11.6 Å². The van der Waals surface area contributed by atoms with Gasteiger partial charge in [-0.05, 0) is 37.6 Å². The predicted molar refractivity (Wildman–Crippen MR) is 93.4 cm³/mol. The zero-order valence-corrected chi connectivity index (χ0v) is 14.3. The van der Waals surface area contributed by atoms with Gasteiger partial charge in [-0.15, -0.1) is 0 Å². The third-order valence-electron chi connectivity index (χ3n) is 3.39. The Labute approximate surface area is 148 Å². The second kappa shape index (κ2) is 7.76. The van der Waals surface area contributed by atoms with Gasteiger partial charge in [-0.2, -0.15) is 0 Å². The number of carbonyl (C=O) groups excluding carboxylic acids is 2. The van der Waals surface area contributed by atoms with E-state index in [1.54, 1.807) is 19.1 Å². The van der Waals surface area contributed by atoms with Crippen molar-refractivity contribution in [2.45, 2.75) is 13.8 Å². The van der Waals surface area contributed by atoms with Crippen molar-refractivity contribution in [3.63, 3.8) is 0 Å². The molecule has 0 aliphatic carbocycles. The SMILES string of the molecule is CC(=O)c1cc(Cl)ccc1OCC(=O)Nc1cc([N+](=O)[O-])ccc1C. The van der Waals surface area contributed by atoms with E-state index in [1.807, 2.05) is 0 Å². The largest absolute Gasteiger partial charge is 0.483 e. The molecule has 7 nitrogen and oxygen atoms in total. The van der Waals surface area contributed by atoms with Crippen LogP contribution in [0.2, 0.25) is 5.02 Å². The van der Waals surface area contributed by atoms with Crippen molar-refractivity contribution in [3.05, 3.63) is 62.7 Å². The number of amides is 1. The lowest BCUT2D eigenvalue weighted by Crippen LogP contribution is -2.21. The maximum atomic E-state index is 12.1. The van der Waals surface area contributed by atoms with Crippen LogP contribution in [-0.4, -0.2) is 23.2 Å². The zero-order chi connectivity index (χ0) is 18.6. The highest BCUT2D eigenvalue weighted by Gasteiger charge is 2.14. The summed E-state index contributed by atoms with van der Waals surface area (Å²) in [6.07, 6.45) is 0. The average molecular weight is 363 g/mol. The van der Waals surface area contributed by atoms with Crippen molar-refractivity contribution in [1.82, 2.24) is 0 Å².